The molecule has 1 saturated carbocycles. The minimum atomic E-state index is -1.32. The number of benzene rings is 1. The van der Waals surface area contributed by atoms with Crippen LogP contribution in [0.25, 0.3) is 0 Å². The van der Waals surface area contributed by atoms with Crippen LogP contribution in [0.3, 0.4) is 0 Å². The lowest BCUT2D eigenvalue weighted by molar-refractivity contribution is -0.139. The first-order valence-electron chi connectivity index (χ1n) is 6.02. The van der Waals surface area contributed by atoms with Crippen molar-refractivity contribution >= 4 is 11.9 Å². The summed E-state index contributed by atoms with van der Waals surface area (Å²) in [7, 11) is 0. The molecule has 4 nitrogen and oxygen atoms in total. The quantitative estimate of drug-likeness (QED) is 0.892. The molecule has 7 heteroatoms. The number of carbonyl (C=O) groups is 2. The number of hydrogen-bond donors (Lipinski definition) is 2. The summed E-state index contributed by atoms with van der Waals surface area (Å²) in [5, 5.41) is 11.2. The number of carboxylic acids is 1. The van der Waals surface area contributed by atoms with Crippen molar-refractivity contribution in [2.24, 2.45) is 0 Å². The molecule has 0 heterocycles. The number of carbonyl (C=O) groups excluding carboxylic acids is 1. The largest absolute Gasteiger partial charge is 0.481 e. The Hall–Kier alpha value is -2.05. The fraction of sp³-hybridized carbons (Fsp3) is 0.385. The van der Waals surface area contributed by atoms with Gasteiger partial charge in [0.15, 0.2) is 0 Å². The van der Waals surface area contributed by atoms with E-state index in [9.17, 15) is 22.8 Å². The van der Waals surface area contributed by atoms with E-state index in [0.717, 1.165) is 6.42 Å². The Morgan fingerprint density at radius 1 is 1.20 bits per heavy atom. The van der Waals surface area contributed by atoms with Gasteiger partial charge >= 0.3 is 5.97 Å². The van der Waals surface area contributed by atoms with Gasteiger partial charge in [-0.3, -0.25) is 9.59 Å². The molecule has 0 bridgehead atoms. The molecular weight excluding hydrogens is 275 g/mol. The first-order chi connectivity index (χ1) is 9.33. The minimum Gasteiger partial charge on any atom is -0.481 e. The van der Waals surface area contributed by atoms with E-state index in [0.29, 0.717) is 25.0 Å². The maximum atomic E-state index is 13.5. The summed E-state index contributed by atoms with van der Waals surface area (Å²) in [6.07, 6.45) is 1.26. The van der Waals surface area contributed by atoms with Gasteiger partial charge in [0.05, 0.1) is 12.0 Å². The topological polar surface area (TPSA) is 66.4 Å². The second kappa shape index (κ2) is 5.15. The molecule has 1 aromatic carbocycles. The summed E-state index contributed by atoms with van der Waals surface area (Å²) in [6, 6.07) is 0.811. The molecule has 2 N–H and O–H groups in total. The summed E-state index contributed by atoms with van der Waals surface area (Å²) in [6.45, 7) is 0. The van der Waals surface area contributed by atoms with Gasteiger partial charge in [0.2, 0.25) is 0 Å². The molecule has 0 saturated heterocycles. The Morgan fingerprint density at radius 3 is 2.15 bits per heavy atom. The SMILES string of the molecule is O=C(O)CC1(NC(=O)c2c(F)cc(F)cc2F)CCC1. The molecule has 1 fully saturated rings. The Balaban J connectivity index is 2.22. The molecule has 1 aliphatic carbocycles. The number of aliphatic carboxylic acids is 1. The highest BCUT2D eigenvalue weighted by atomic mass is 19.1. The Kier molecular flexibility index (Phi) is 3.69. The summed E-state index contributed by atoms with van der Waals surface area (Å²) in [5.74, 6) is -5.93. The van der Waals surface area contributed by atoms with E-state index in [1.807, 2.05) is 0 Å². The summed E-state index contributed by atoms with van der Waals surface area (Å²) in [5.41, 5.74) is -1.88. The van der Waals surface area contributed by atoms with Crippen LogP contribution < -0.4 is 5.32 Å². The van der Waals surface area contributed by atoms with Gasteiger partial charge in [0, 0.05) is 12.1 Å². The van der Waals surface area contributed by atoms with Crippen molar-refractivity contribution in [3.05, 3.63) is 35.1 Å². The van der Waals surface area contributed by atoms with Crippen molar-refractivity contribution in [1.29, 1.82) is 0 Å². The van der Waals surface area contributed by atoms with E-state index in [1.54, 1.807) is 0 Å². The highest BCUT2D eigenvalue weighted by molar-refractivity contribution is 5.95. The van der Waals surface area contributed by atoms with E-state index < -0.39 is 40.4 Å². The number of rotatable bonds is 4. The average Bonchev–Trinajstić information content (AvgIpc) is 2.23. The molecule has 0 aromatic heterocycles. The van der Waals surface area contributed by atoms with E-state index in [-0.39, 0.29) is 6.42 Å². The van der Waals surface area contributed by atoms with Crippen molar-refractivity contribution in [3.63, 3.8) is 0 Å². The Labute approximate surface area is 112 Å². The molecule has 0 aliphatic heterocycles. The molecule has 0 unspecified atom stereocenters. The third-order valence-electron chi connectivity index (χ3n) is 3.41. The van der Waals surface area contributed by atoms with Crippen LogP contribution >= 0.6 is 0 Å². The normalized spacial score (nSPS) is 16.4. The monoisotopic (exact) mass is 287 g/mol. The fourth-order valence-corrected chi connectivity index (χ4v) is 2.30. The molecule has 0 spiro atoms. The van der Waals surface area contributed by atoms with Crippen molar-refractivity contribution in [3.8, 4) is 0 Å². The van der Waals surface area contributed by atoms with Gasteiger partial charge in [-0.1, -0.05) is 0 Å². The van der Waals surface area contributed by atoms with Crippen LogP contribution in [-0.2, 0) is 4.79 Å². The standard InChI is InChI=1S/C13H12F3NO3/c14-7-4-8(15)11(9(16)5-7)12(20)17-13(2-1-3-13)6-10(18)19/h4-5H,1-3,6H2,(H,17,20)(H,18,19). The minimum absolute atomic E-state index is 0.316. The number of halogens is 3. The Morgan fingerprint density at radius 2 is 1.75 bits per heavy atom. The maximum absolute atomic E-state index is 13.5. The molecule has 0 atom stereocenters. The highest BCUT2D eigenvalue weighted by Gasteiger charge is 2.41. The predicted molar refractivity (Wildman–Crippen MR) is 62.6 cm³/mol. The van der Waals surface area contributed by atoms with Gasteiger partial charge < -0.3 is 10.4 Å². The van der Waals surface area contributed by atoms with E-state index in [2.05, 4.69) is 5.32 Å². The average molecular weight is 287 g/mol. The zero-order valence-electron chi connectivity index (χ0n) is 10.4. The van der Waals surface area contributed by atoms with E-state index in [1.165, 1.54) is 0 Å². The summed E-state index contributed by atoms with van der Waals surface area (Å²) >= 11 is 0. The molecule has 108 valence electrons. The van der Waals surface area contributed by atoms with Gasteiger partial charge in [-0.25, -0.2) is 13.2 Å². The number of nitrogens with one attached hydrogen (secondary N) is 1. The van der Waals surface area contributed by atoms with Gasteiger partial charge in [0.1, 0.15) is 23.0 Å². The molecule has 2 rings (SSSR count). The maximum Gasteiger partial charge on any atom is 0.305 e. The van der Waals surface area contributed by atoms with Gasteiger partial charge in [0.25, 0.3) is 5.91 Å². The third-order valence-corrected chi connectivity index (χ3v) is 3.41. The number of amides is 1. The number of carboxylic acid groups (broad SMARTS) is 1. The van der Waals surface area contributed by atoms with Crippen LogP contribution in [0.15, 0.2) is 12.1 Å². The fourth-order valence-electron chi connectivity index (χ4n) is 2.30. The second-order valence-corrected chi connectivity index (χ2v) is 4.90. The molecule has 20 heavy (non-hydrogen) atoms. The smallest absolute Gasteiger partial charge is 0.305 e. The molecule has 1 aliphatic rings. The van der Waals surface area contributed by atoms with Gasteiger partial charge in [-0.05, 0) is 19.3 Å². The first-order valence-corrected chi connectivity index (χ1v) is 6.02. The van der Waals surface area contributed by atoms with Crippen molar-refractivity contribution in [1.82, 2.24) is 5.32 Å². The van der Waals surface area contributed by atoms with Crippen LogP contribution in [0.2, 0.25) is 0 Å². The molecular formula is C13H12F3NO3. The summed E-state index contributed by atoms with van der Waals surface area (Å²) in [4.78, 5) is 22.6. The van der Waals surface area contributed by atoms with Gasteiger partial charge in [-0.15, -0.1) is 0 Å². The first kappa shape index (κ1) is 14.4. The lowest BCUT2D eigenvalue weighted by atomic mass is 9.74. The van der Waals surface area contributed by atoms with E-state index in [4.69, 9.17) is 5.11 Å². The van der Waals surface area contributed by atoms with Crippen LogP contribution in [-0.4, -0.2) is 22.5 Å². The summed E-state index contributed by atoms with van der Waals surface area (Å²) < 4.78 is 39.7. The van der Waals surface area contributed by atoms with Crippen LogP contribution in [0.5, 0.6) is 0 Å². The van der Waals surface area contributed by atoms with Crippen molar-refractivity contribution < 1.29 is 27.9 Å². The van der Waals surface area contributed by atoms with Gasteiger partial charge in [-0.2, -0.15) is 0 Å². The predicted octanol–water partition coefficient (Wildman–Crippen LogP) is 2.23. The molecule has 1 amide bonds. The highest BCUT2D eigenvalue weighted by Crippen LogP contribution is 2.35. The Bertz CT molecular complexity index is 547. The number of hydrogen-bond acceptors (Lipinski definition) is 2. The zero-order valence-corrected chi connectivity index (χ0v) is 10.4. The molecule has 0 radical (unpaired) electrons. The molecule has 1 aromatic rings. The van der Waals surface area contributed by atoms with Crippen LogP contribution in [0.4, 0.5) is 13.2 Å². The lowest BCUT2D eigenvalue weighted by Gasteiger charge is -2.41. The zero-order chi connectivity index (χ0) is 14.9. The van der Waals surface area contributed by atoms with Crippen LogP contribution in [0.1, 0.15) is 36.0 Å². The van der Waals surface area contributed by atoms with E-state index >= 15 is 0 Å². The lowest BCUT2D eigenvalue weighted by Crippen LogP contribution is -2.55. The van der Waals surface area contributed by atoms with Crippen molar-refractivity contribution in [2.45, 2.75) is 31.2 Å². The van der Waals surface area contributed by atoms with Crippen LogP contribution in [0, 0.1) is 17.5 Å². The second-order valence-electron chi connectivity index (χ2n) is 4.90. The van der Waals surface area contributed by atoms with Crippen molar-refractivity contribution in [2.75, 3.05) is 0 Å². The third kappa shape index (κ3) is 2.76.